The Kier molecular flexibility index (Phi) is 6.24. The van der Waals surface area contributed by atoms with Gasteiger partial charge in [-0.25, -0.2) is 12.8 Å². The molecule has 0 spiro atoms. The van der Waals surface area contributed by atoms with Crippen molar-refractivity contribution in [2.24, 2.45) is 0 Å². The van der Waals surface area contributed by atoms with Gasteiger partial charge < -0.3 is 4.74 Å². The first kappa shape index (κ1) is 18.8. The lowest BCUT2D eigenvalue weighted by molar-refractivity contribution is 0.181. The highest BCUT2D eigenvalue weighted by Gasteiger charge is 2.26. The van der Waals surface area contributed by atoms with Crippen molar-refractivity contribution >= 4 is 10.0 Å². The number of sulfonamides is 1. The third kappa shape index (κ3) is 5.27. The highest BCUT2D eigenvalue weighted by atomic mass is 32.2. The summed E-state index contributed by atoms with van der Waals surface area (Å²) >= 11 is 0. The molecule has 5 nitrogen and oxygen atoms in total. The molecular weight excluding hydrogens is 355 g/mol. The number of halogens is 1. The van der Waals surface area contributed by atoms with E-state index in [1.165, 1.54) is 34.1 Å². The number of hydrogen-bond acceptors (Lipinski definition) is 4. The van der Waals surface area contributed by atoms with E-state index in [1.807, 2.05) is 18.2 Å². The Morgan fingerprint density at radius 2 is 1.58 bits per heavy atom. The van der Waals surface area contributed by atoms with Crippen molar-refractivity contribution in [3.8, 4) is 5.75 Å². The molecule has 7 heteroatoms. The lowest BCUT2D eigenvalue weighted by atomic mass is 10.2. The van der Waals surface area contributed by atoms with Crippen LogP contribution in [0, 0.1) is 5.82 Å². The van der Waals surface area contributed by atoms with Crippen molar-refractivity contribution < 1.29 is 17.5 Å². The van der Waals surface area contributed by atoms with Crippen LogP contribution in [0.4, 0.5) is 4.39 Å². The first-order chi connectivity index (χ1) is 12.5. The lowest BCUT2D eigenvalue weighted by Crippen LogP contribution is -2.49. The van der Waals surface area contributed by atoms with Gasteiger partial charge in [-0.15, -0.1) is 0 Å². The third-order valence-corrected chi connectivity index (χ3v) is 6.23. The van der Waals surface area contributed by atoms with E-state index < -0.39 is 10.0 Å². The largest absolute Gasteiger partial charge is 0.492 e. The van der Waals surface area contributed by atoms with E-state index in [0.717, 1.165) is 6.54 Å². The third-order valence-electron chi connectivity index (χ3n) is 4.40. The van der Waals surface area contributed by atoms with Gasteiger partial charge >= 0.3 is 0 Å². The van der Waals surface area contributed by atoms with Crippen LogP contribution in [0.2, 0.25) is 0 Å². The molecule has 1 saturated heterocycles. The van der Waals surface area contributed by atoms with Gasteiger partial charge in [-0.3, -0.25) is 4.90 Å². The number of benzene rings is 2. The molecule has 2 aromatic carbocycles. The Morgan fingerprint density at radius 3 is 2.23 bits per heavy atom. The van der Waals surface area contributed by atoms with E-state index in [2.05, 4.69) is 17.0 Å². The Morgan fingerprint density at radius 1 is 0.923 bits per heavy atom. The lowest BCUT2D eigenvalue weighted by Gasteiger charge is -2.34. The molecular formula is C19H23FN2O3S. The summed E-state index contributed by atoms with van der Waals surface area (Å²) in [5.74, 6) is 0.0379. The van der Waals surface area contributed by atoms with Crippen LogP contribution in [0.15, 0.2) is 54.6 Å². The molecule has 0 saturated carbocycles. The van der Waals surface area contributed by atoms with Gasteiger partial charge in [0.15, 0.2) is 0 Å². The molecule has 0 radical (unpaired) electrons. The Hall–Kier alpha value is -1.96. The normalized spacial score (nSPS) is 16.5. The maximum absolute atomic E-state index is 12.8. The fourth-order valence-electron chi connectivity index (χ4n) is 2.93. The maximum Gasteiger partial charge on any atom is 0.217 e. The molecule has 26 heavy (non-hydrogen) atoms. The molecule has 0 atom stereocenters. The zero-order chi connectivity index (χ0) is 18.4. The average Bonchev–Trinajstić information content (AvgIpc) is 2.65. The summed E-state index contributed by atoms with van der Waals surface area (Å²) in [4.78, 5) is 2.26. The Bertz CT molecular complexity index is 789. The standard InChI is InChI=1S/C19H23FN2O3S/c20-18-6-8-19(9-7-18)25-14-15-26(23,24)22-12-10-21(11-13-22)16-17-4-2-1-3-5-17/h1-9H,10-16H2. The van der Waals surface area contributed by atoms with Crippen molar-refractivity contribution in [2.45, 2.75) is 6.54 Å². The van der Waals surface area contributed by atoms with Crippen LogP contribution in [-0.2, 0) is 16.6 Å². The summed E-state index contributed by atoms with van der Waals surface area (Å²) in [6.07, 6.45) is 0. The van der Waals surface area contributed by atoms with Crippen molar-refractivity contribution in [2.75, 3.05) is 38.5 Å². The second-order valence-corrected chi connectivity index (χ2v) is 8.37. The van der Waals surface area contributed by atoms with Gasteiger partial charge in [0.2, 0.25) is 10.0 Å². The van der Waals surface area contributed by atoms with Gasteiger partial charge in [0.05, 0.1) is 5.75 Å². The van der Waals surface area contributed by atoms with Crippen molar-refractivity contribution in [1.29, 1.82) is 0 Å². The molecule has 3 rings (SSSR count). The van der Waals surface area contributed by atoms with Crippen LogP contribution in [0.5, 0.6) is 5.75 Å². The molecule has 0 aromatic heterocycles. The summed E-state index contributed by atoms with van der Waals surface area (Å²) in [5.41, 5.74) is 1.23. The van der Waals surface area contributed by atoms with Crippen LogP contribution >= 0.6 is 0 Å². The first-order valence-corrected chi connectivity index (χ1v) is 10.3. The van der Waals surface area contributed by atoms with E-state index in [4.69, 9.17) is 4.74 Å². The SMILES string of the molecule is O=S(=O)(CCOc1ccc(F)cc1)N1CCN(Cc2ccccc2)CC1. The number of ether oxygens (including phenoxy) is 1. The Labute approximate surface area is 154 Å². The second kappa shape index (κ2) is 8.62. The number of piperazine rings is 1. The topological polar surface area (TPSA) is 49.9 Å². The zero-order valence-electron chi connectivity index (χ0n) is 14.6. The monoisotopic (exact) mass is 378 g/mol. The fourth-order valence-corrected chi connectivity index (χ4v) is 4.20. The predicted octanol–water partition coefficient (Wildman–Crippen LogP) is 2.35. The minimum atomic E-state index is -3.35. The summed E-state index contributed by atoms with van der Waals surface area (Å²) in [5, 5.41) is 0. The van der Waals surface area contributed by atoms with E-state index in [9.17, 15) is 12.8 Å². The molecule has 2 aromatic rings. The second-order valence-electron chi connectivity index (χ2n) is 6.28. The van der Waals surface area contributed by atoms with Gasteiger partial charge in [0.1, 0.15) is 18.2 Å². The quantitative estimate of drug-likeness (QED) is 0.742. The van der Waals surface area contributed by atoms with Gasteiger partial charge in [-0.2, -0.15) is 4.31 Å². The smallest absolute Gasteiger partial charge is 0.217 e. The molecule has 0 bridgehead atoms. The van der Waals surface area contributed by atoms with Crippen molar-refractivity contribution in [3.05, 3.63) is 66.0 Å². The highest BCUT2D eigenvalue weighted by molar-refractivity contribution is 7.89. The van der Waals surface area contributed by atoms with Crippen LogP contribution in [0.25, 0.3) is 0 Å². The first-order valence-electron chi connectivity index (χ1n) is 8.65. The molecule has 1 heterocycles. The predicted molar refractivity (Wildman–Crippen MR) is 99.0 cm³/mol. The summed E-state index contributed by atoms with van der Waals surface area (Å²) in [6.45, 7) is 3.30. The fraction of sp³-hybridized carbons (Fsp3) is 0.368. The van der Waals surface area contributed by atoms with E-state index in [-0.39, 0.29) is 18.2 Å². The van der Waals surface area contributed by atoms with Gasteiger partial charge in [-0.05, 0) is 29.8 Å². The molecule has 0 amide bonds. The minimum Gasteiger partial charge on any atom is -0.492 e. The van der Waals surface area contributed by atoms with Gasteiger partial charge in [0, 0.05) is 32.7 Å². The molecule has 1 aliphatic heterocycles. The minimum absolute atomic E-state index is 0.0538. The molecule has 0 N–H and O–H groups in total. The van der Waals surface area contributed by atoms with E-state index in [0.29, 0.717) is 31.9 Å². The van der Waals surface area contributed by atoms with Crippen LogP contribution < -0.4 is 4.74 Å². The summed E-state index contributed by atoms with van der Waals surface area (Å²) < 4.78 is 44.7. The molecule has 0 aliphatic carbocycles. The summed E-state index contributed by atoms with van der Waals surface area (Å²) in [7, 11) is -3.35. The van der Waals surface area contributed by atoms with Crippen LogP contribution in [-0.4, -0.2) is 56.2 Å². The molecule has 140 valence electrons. The van der Waals surface area contributed by atoms with Gasteiger partial charge in [-0.1, -0.05) is 30.3 Å². The average molecular weight is 378 g/mol. The van der Waals surface area contributed by atoms with E-state index >= 15 is 0 Å². The number of nitrogens with zero attached hydrogens (tertiary/aromatic N) is 2. The molecule has 1 aliphatic rings. The van der Waals surface area contributed by atoms with E-state index in [1.54, 1.807) is 0 Å². The van der Waals surface area contributed by atoms with Crippen molar-refractivity contribution in [3.63, 3.8) is 0 Å². The maximum atomic E-state index is 12.8. The van der Waals surface area contributed by atoms with Gasteiger partial charge in [0.25, 0.3) is 0 Å². The van der Waals surface area contributed by atoms with Crippen LogP contribution in [0.1, 0.15) is 5.56 Å². The molecule has 1 fully saturated rings. The summed E-state index contributed by atoms with van der Waals surface area (Å²) in [6, 6.07) is 15.7. The van der Waals surface area contributed by atoms with Crippen molar-refractivity contribution in [1.82, 2.24) is 9.21 Å². The zero-order valence-corrected chi connectivity index (χ0v) is 15.4. The highest BCUT2D eigenvalue weighted by Crippen LogP contribution is 2.14. The number of hydrogen-bond donors (Lipinski definition) is 0. The Balaban J connectivity index is 1.44. The molecule has 0 unspecified atom stereocenters. The van der Waals surface area contributed by atoms with Crippen LogP contribution in [0.3, 0.4) is 0 Å². The number of rotatable bonds is 7.